The molecule has 2 rings (SSSR count). The fourth-order valence-electron chi connectivity index (χ4n) is 2.79. The Balaban J connectivity index is 2.24. The Kier molecular flexibility index (Phi) is 5.08. The lowest BCUT2D eigenvalue weighted by Crippen LogP contribution is -2.44. The second kappa shape index (κ2) is 6.60. The van der Waals surface area contributed by atoms with Crippen LogP contribution in [0.2, 0.25) is 5.02 Å². The van der Waals surface area contributed by atoms with Gasteiger partial charge in [0.2, 0.25) is 0 Å². The molecule has 19 heavy (non-hydrogen) atoms. The lowest BCUT2D eigenvalue weighted by Gasteiger charge is -2.38. The fraction of sp³-hybridized carbons (Fsp3) is 0.600. The van der Waals surface area contributed by atoms with Gasteiger partial charge in [0.1, 0.15) is 0 Å². The quantitative estimate of drug-likeness (QED) is 0.923. The molecule has 1 saturated heterocycles. The van der Waals surface area contributed by atoms with Crippen molar-refractivity contribution in [3.63, 3.8) is 0 Å². The highest BCUT2D eigenvalue weighted by atomic mass is 35.5. The SMILES string of the molecule is COC1CN(c2cccc(Cl)c2CCN)CCC1C. The monoisotopic (exact) mass is 282 g/mol. The number of hydrogen-bond donors (Lipinski definition) is 1. The number of benzene rings is 1. The maximum Gasteiger partial charge on any atom is 0.0772 e. The van der Waals surface area contributed by atoms with E-state index in [1.807, 2.05) is 12.1 Å². The van der Waals surface area contributed by atoms with Crippen molar-refractivity contribution in [3.05, 3.63) is 28.8 Å². The van der Waals surface area contributed by atoms with E-state index in [0.717, 1.165) is 36.5 Å². The van der Waals surface area contributed by atoms with Crippen LogP contribution in [0.25, 0.3) is 0 Å². The second-order valence-corrected chi connectivity index (χ2v) is 5.67. The molecule has 0 amide bonds. The van der Waals surface area contributed by atoms with Gasteiger partial charge in [-0.2, -0.15) is 0 Å². The first-order chi connectivity index (χ1) is 9.17. The minimum atomic E-state index is 0.290. The molecule has 1 aromatic rings. The van der Waals surface area contributed by atoms with Gasteiger partial charge in [-0.25, -0.2) is 0 Å². The van der Waals surface area contributed by atoms with E-state index in [0.29, 0.717) is 18.6 Å². The number of nitrogens with two attached hydrogens (primary N) is 1. The summed E-state index contributed by atoms with van der Waals surface area (Å²) in [7, 11) is 1.80. The molecule has 1 heterocycles. The van der Waals surface area contributed by atoms with Crippen LogP contribution in [0.4, 0.5) is 5.69 Å². The van der Waals surface area contributed by atoms with Gasteiger partial charge in [0.05, 0.1) is 6.10 Å². The predicted molar refractivity (Wildman–Crippen MR) is 81.0 cm³/mol. The van der Waals surface area contributed by atoms with Crippen molar-refractivity contribution in [2.24, 2.45) is 11.7 Å². The molecule has 0 radical (unpaired) electrons. The molecule has 0 aromatic heterocycles. The topological polar surface area (TPSA) is 38.5 Å². The molecule has 3 nitrogen and oxygen atoms in total. The highest BCUT2D eigenvalue weighted by molar-refractivity contribution is 6.31. The Morgan fingerprint density at radius 2 is 2.26 bits per heavy atom. The van der Waals surface area contributed by atoms with Crippen LogP contribution in [-0.2, 0) is 11.2 Å². The molecule has 106 valence electrons. The number of hydrogen-bond acceptors (Lipinski definition) is 3. The van der Waals surface area contributed by atoms with Crippen LogP contribution < -0.4 is 10.6 Å². The lowest BCUT2D eigenvalue weighted by molar-refractivity contribution is 0.0498. The molecule has 2 unspecified atom stereocenters. The summed E-state index contributed by atoms with van der Waals surface area (Å²) >= 11 is 6.31. The van der Waals surface area contributed by atoms with Gasteiger partial charge in [0.15, 0.2) is 0 Å². The average molecular weight is 283 g/mol. The summed E-state index contributed by atoms with van der Waals surface area (Å²) in [4.78, 5) is 2.38. The maximum absolute atomic E-state index is 6.31. The second-order valence-electron chi connectivity index (χ2n) is 5.26. The van der Waals surface area contributed by atoms with Crippen LogP contribution in [-0.4, -0.2) is 32.8 Å². The molecule has 1 aliphatic heterocycles. The summed E-state index contributed by atoms with van der Waals surface area (Å²) in [6, 6.07) is 6.09. The highest BCUT2D eigenvalue weighted by Gasteiger charge is 2.27. The molecule has 1 aliphatic rings. The normalized spacial score (nSPS) is 23.7. The lowest BCUT2D eigenvalue weighted by atomic mass is 9.94. The maximum atomic E-state index is 6.31. The van der Waals surface area contributed by atoms with Crippen molar-refractivity contribution in [1.29, 1.82) is 0 Å². The van der Waals surface area contributed by atoms with Gasteiger partial charge >= 0.3 is 0 Å². The van der Waals surface area contributed by atoms with Gasteiger partial charge in [0.25, 0.3) is 0 Å². The zero-order valence-electron chi connectivity index (χ0n) is 11.7. The number of halogens is 1. The number of nitrogens with zero attached hydrogens (tertiary/aromatic N) is 1. The third-order valence-corrected chi connectivity index (χ3v) is 4.38. The zero-order chi connectivity index (χ0) is 13.8. The Morgan fingerprint density at radius 3 is 2.95 bits per heavy atom. The summed E-state index contributed by atoms with van der Waals surface area (Å²) < 4.78 is 5.59. The van der Waals surface area contributed by atoms with Gasteiger partial charge in [-0.05, 0) is 43.0 Å². The molecule has 0 spiro atoms. The van der Waals surface area contributed by atoms with Crippen molar-refractivity contribution in [2.45, 2.75) is 25.9 Å². The molecular formula is C15H23ClN2O. The van der Waals surface area contributed by atoms with Crippen molar-refractivity contribution < 1.29 is 4.74 Å². The Hall–Kier alpha value is -0.770. The summed E-state index contributed by atoms with van der Waals surface area (Å²) in [5, 5.41) is 0.815. The van der Waals surface area contributed by atoms with Crippen molar-refractivity contribution in [1.82, 2.24) is 0 Å². The van der Waals surface area contributed by atoms with Crippen LogP contribution in [0.15, 0.2) is 18.2 Å². The zero-order valence-corrected chi connectivity index (χ0v) is 12.5. The van der Waals surface area contributed by atoms with E-state index in [2.05, 4.69) is 17.9 Å². The van der Waals surface area contributed by atoms with E-state index in [1.165, 1.54) is 5.69 Å². The fourth-order valence-corrected chi connectivity index (χ4v) is 3.06. The Bertz CT molecular complexity index is 425. The molecule has 2 atom stereocenters. The summed E-state index contributed by atoms with van der Waals surface area (Å²) in [6.45, 7) is 4.85. The molecule has 0 bridgehead atoms. The average Bonchev–Trinajstić information content (AvgIpc) is 2.42. The van der Waals surface area contributed by atoms with Crippen LogP contribution in [0.1, 0.15) is 18.9 Å². The predicted octanol–water partition coefficient (Wildman–Crippen LogP) is 2.70. The first kappa shape index (κ1) is 14.6. The highest BCUT2D eigenvalue weighted by Crippen LogP contribution is 2.31. The molecule has 0 saturated carbocycles. The van der Waals surface area contributed by atoms with Crippen molar-refractivity contribution >= 4 is 17.3 Å². The van der Waals surface area contributed by atoms with Crippen LogP contribution in [0.5, 0.6) is 0 Å². The van der Waals surface area contributed by atoms with Crippen LogP contribution in [0.3, 0.4) is 0 Å². The standard InChI is InChI=1S/C15H23ClN2O/c1-11-7-9-18(10-15(11)19-2)14-5-3-4-13(16)12(14)6-8-17/h3-5,11,15H,6-10,17H2,1-2H3. The van der Waals surface area contributed by atoms with Crippen LogP contribution in [0, 0.1) is 5.92 Å². The van der Waals surface area contributed by atoms with Gasteiger partial charge in [-0.1, -0.05) is 24.6 Å². The van der Waals surface area contributed by atoms with E-state index >= 15 is 0 Å². The van der Waals surface area contributed by atoms with E-state index in [4.69, 9.17) is 22.1 Å². The van der Waals surface area contributed by atoms with E-state index in [9.17, 15) is 0 Å². The van der Waals surface area contributed by atoms with Gasteiger partial charge in [-0.15, -0.1) is 0 Å². The Labute approximate surface area is 120 Å². The number of piperidine rings is 1. The number of methoxy groups -OCH3 is 1. The molecule has 0 aliphatic carbocycles. The van der Waals surface area contributed by atoms with Crippen LogP contribution >= 0.6 is 11.6 Å². The smallest absolute Gasteiger partial charge is 0.0772 e. The molecule has 1 aromatic carbocycles. The van der Waals surface area contributed by atoms with Crippen molar-refractivity contribution in [2.75, 3.05) is 31.6 Å². The first-order valence-electron chi connectivity index (χ1n) is 6.92. The molecular weight excluding hydrogens is 260 g/mol. The Morgan fingerprint density at radius 1 is 1.47 bits per heavy atom. The molecule has 1 fully saturated rings. The van der Waals surface area contributed by atoms with E-state index in [1.54, 1.807) is 7.11 Å². The minimum absolute atomic E-state index is 0.290. The van der Waals surface area contributed by atoms with E-state index in [-0.39, 0.29) is 0 Å². The summed E-state index contributed by atoms with van der Waals surface area (Å²) in [6.07, 6.45) is 2.25. The number of ether oxygens (including phenoxy) is 1. The summed E-state index contributed by atoms with van der Waals surface area (Å²) in [5.74, 6) is 0.610. The number of anilines is 1. The van der Waals surface area contributed by atoms with Gasteiger partial charge < -0.3 is 15.4 Å². The van der Waals surface area contributed by atoms with E-state index < -0.39 is 0 Å². The minimum Gasteiger partial charge on any atom is -0.379 e. The third kappa shape index (κ3) is 3.22. The van der Waals surface area contributed by atoms with Crippen molar-refractivity contribution in [3.8, 4) is 0 Å². The largest absolute Gasteiger partial charge is 0.379 e. The van der Waals surface area contributed by atoms with Gasteiger partial charge in [-0.3, -0.25) is 0 Å². The first-order valence-corrected chi connectivity index (χ1v) is 7.30. The summed E-state index contributed by atoms with van der Waals surface area (Å²) in [5.41, 5.74) is 8.08. The molecule has 2 N–H and O–H groups in total. The van der Waals surface area contributed by atoms with Gasteiger partial charge in [0, 0.05) is 30.9 Å². The third-order valence-electron chi connectivity index (χ3n) is 4.02. The number of rotatable bonds is 4. The molecule has 4 heteroatoms.